The number of aliphatic imine (C=N–C) groups is 1. The molecule has 0 aromatic rings. The molecule has 146 valence electrons. The molecule has 0 aromatic heterocycles. The highest BCUT2D eigenvalue weighted by Gasteiger charge is 2.16. The summed E-state index contributed by atoms with van der Waals surface area (Å²) in [5, 5.41) is 6.87. The SMILES string of the molecule is CCNC(=NCC(C)N1CCOCC1)NCCCN1CCCCCC1. The molecule has 1 atom stereocenters. The van der Waals surface area contributed by atoms with Crippen molar-refractivity contribution in [2.45, 2.75) is 52.0 Å². The molecule has 2 rings (SSSR count). The van der Waals surface area contributed by atoms with Crippen molar-refractivity contribution in [3.8, 4) is 0 Å². The maximum Gasteiger partial charge on any atom is 0.191 e. The van der Waals surface area contributed by atoms with E-state index in [9.17, 15) is 0 Å². The van der Waals surface area contributed by atoms with Gasteiger partial charge in [-0.2, -0.15) is 0 Å². The van der Waals surface area contributed by atoms with Crippen molar-refractivity contribution in [1.29, 1.82) is 0 Å². The zero-order valence-corrected chi connectivity index (χ0v) is 16.4. The average Bonchev–Trinajstić information content (AvgIpc) is 2.92. The van der Waals surface area contributed by atoms with Gasteiger partial charge in [0, 0.05) is 32.2 Å². The quantitative estimate of drug-likeness (QED) is 0.394. The Kier molecular flexibility index (Phi) is 10.2. The van der Waals surface area contributed by atoms with Gasteiger partial charge in [0.1, 0.15) is 0 Å². The number of nitrogens with zero attached hydrogens (tertiary/aromatic N) is 3. The summed E-state index contributed by atoms with van der Waals surface area (Å²) < 4.78 is 5.43. The lowest BCUT2D eigenvalue weighted by Crippen LogP contribution is -2.44. The molecule has 6 nitrogen and oxygen atoms in total. The molecule has 0 amide bonds. The lowest BCUT2D eigenvalue weighted by molar-refractivity contribution is 0.0220. The van der Waals surface area contributed by atoms with Gasteiger partial charge in [0.25, 0.3) is 0 Å². The highest BCUT2D eigenvalue weighted by atomic mass is 16.5. The Balaban J connectivity index is 1.65. The van der Waals surface area contributed by atoms with Gasteiger partial charge in [-0.05, 0) is 52.7 Å². The normalized spacial score (nSPS) is 22.4. The average molecular weight is 354 g/mol. The molecule has 0 bridgehead atoms. The highest BCUT2D eigenvalue weighted by Crippen LogP contribution is 2.09. The molecule has 0 aromatic carbocycles. The summed E-state index contributed by atoms with van der Waals surface area (Å²) in [7, 11) is 0. The number of nitrogens with one attached hydrogen (secondary N) is 2. The molecule has 0 spiro atoms. The van der Waals surface area contributed by atoms with Gasteiger partial charge in [-0.1, -0.05) is 12.8 Å². The summed E-state index contributed by atoms with van der Waals surface area (Å²) in [6.07, 6.45) is 6.75. The van der Waals surface area contributed by atoms with E-state index in [0.29, 0.717) is 6.04 Å². The summed E-state index contributed by atoms with van der Waals surface area (Å²) in [5.74, 6) is 0.957. The number of hydrogen-bond donors (Lipinski definition) is 2. The standard InChI is InChI=1S/C19H39N5O/c1-3-20-19(22-17-18(2)24-13-15-25-16-14-24)21-9-8-12-23-10-6-4-5-7-11-23/h18H,3-17H2,1-2H3,(H2,20,21,22). The Bertz CT molecular complexity index is 363. The van der Waals surface area contributed by atoms with Crippen molar-refractivity contribution in [3.05, 3.63) is 0 Å². The van der Waals surface area contributed by atoms with Crippen LogP contribution in [0.3, 0.4) is 0 Å². The molecular formula is C19H39N5O. The van der Waals surface area contributed by atoms with E-state index in [1.54, 1.807) is 0 Å². The largest absolute Gasteiger partial charge is 0.379 e. The second kappa shape index (κ2) is 12.5. The van der Waals surface area contributed by atoms with Crippen LogP contribution >= 0.6 is 0 Å². The minimum Gasteiger partial charge on any atom is -0.379 e. The second-order valence-corrected chi connectivity index (χ2v) is 7.25. The van der Waals surface area contributed by atoms with Crippen LogP contribution in [0.5, 0.6) is 0 Å². The second-order valence-electron chi connectivity index (χ2n) is 7.25. The molecule has 6 heteroatoms. The maximum atomic E-state index is 5.43. The van der Waals surface area contributed by atoms with Crippen molar-refractivity contribution in [2.75, 3.05) is 65.6 Å². The molecular weight excluding hydrogens is 314 g/mol. The molecule has 0 saturated carbocycles. The summed E-state index contributed by atoms with van der Waals surface area (Å²) in [4.78, 5) is 9.88. The van der Waals surface area contributed by atoms with E-state index in [-0.39, 0.29) is 0 Å². The maximum absolute atomic E-state index is 5.43. The smallest absolute Gasteiger partial charge is 0.191 e. The van der Waals surface area contributed by atoms with Gasteiger partial charge in [0.2, 0.25) is 0 Å². The third-order valence-corrected chi connectivity index (χ3v) is 5.17. The lowest BCUT2D eigenvalue weighted by atomic mass is 10.2. The Morgan fingerprint density at radius 3 is 2.44 bits per heavy atom. The molecule has 2 saturated heterocycles. The lowest BCUT2D eigenvalue weighted by Gasteiger charge is -2.31. The van der Waals surface area contributed by atoms with Crippen LogP contribution in [0.1, 0.15) is 46.0 Å². The number of guanidine groups is 1. The first kappa shape index (κ1) is 20.5. The van der Waals surface area contributed by atoms with Crippen LogP contribution in [0.15, 0.2) is 4.99 Å². The van der Waals surface area contributed by atoms with E-state index < -0.39 is 0 Å². The third-order valence-electron chi connectivity index (χ3n) is 5.17. The number of morpholine rings is 1. The van der Waals surface area contributed by atoms with Crippen molar-refractivity contribution in [1.82, 2.24) is 20.4 Å². The first-order valence-corrected chi connectivity index (χ1v) is 10.4. The highest BCUT2D eigenvalue weighted by molar-refractivity contribution is 5.79. The fourth-order valence-electron chi connectivity index (χ4n) is 3.57. The fourth-order valence-corrected chi connectivity index (χ4v) is 3.57. The monoisotopic (exact) mass is 353 g/mol. The van der Waals surface area contributed by atoms with Crippen LogP contribution in [0.4, 0.5) is 0 Å². The van der Waals surface area contributed by atoms with E-state index in [2.05, 4.69) is 34.3 Å². The van der Waals surface area contributed by atoms with Gasteiger partial charge in [-0.25, -0.2) is 0 Å². The molecule has 2 heterocycles. The molecule has 25 heavy (non-hydrogen) atoms. The predicted molar refractivity (Wildman–Crippen MR) is 105 cm³/mol. The molecule has 0 radical (unpaired) electrons. The van der Waals surface area contributed by atoms with E-state index in [1.165, 1.54) is 51.7 Å². The van der Waals surface area contributed by atoms with Gasteiger partial charge >= 0.3 is 0 Å². The zero-order chi connectivity index (χ0) is 17.7. The first-order valence-electron chi connectivity index (χ1n) is 10.4. The molecule has 2 aliphatic heterocycles. The minimum atomic E-state index is 0.469. The van der Waals surface area contributed by atoms with Crippen LogP contribution in [-0.2, 0) is 4.74 Å². The van der Waals surface area contributed by atoms with Gasteiger partial charge < -0.3 is 20.3 Å². The Hall–Kier alpha value is -0.850. The predicted octanol–water partition coefficient (Wildman–Crippen LogP) is 1.53. The third kappa shape index (κ3) is 8.38. The summed E-state index contributed by atoms with van der Waals surface area (Å²) in [5.41, 5.74) is 0. The minimum absolute atomic E-state index is 0.469. The van der Waals surface area contributed by atoms with Gasteiger partial charge in [-0.15, -0.1) is 0 Å². The van der Waals surface area contributed by atoms with E-state index in [4.69, 9.17) is 9.73 Å². The number of ether oxygens (including phenoxy) is 1. The van der Waals surface area contributed by atoms with E-state index in [1.807, 2.05) is 0 Å². The number of likely N-dealkylation sites (tertiary alicyclic amines) is 1. The van der Waals surface area contributed by atoms with Crippen LogP contribution in [0.2, 0.25) is 0 Å². The van der Waals surface area contributed by atoms with Crippen molar-refractivity contribution in [2.24, 2.45) is 4.99 Å². The van der Waals surface area contributed by atoms with Crippen molar-refractivity contribution >= 4 is 5.96 Å². The van der Waals surface area contributed by atoms with Crippen LogP contribution in [-0.4, -0.2) is 87.4 Å². The Labute approximate surface area is 154 Å². The van der Waals surface area contributed by atoms with Crippen molar-refractivity contribution in [3.63, 3.8) is 0 Å². The number of rotatable bonds is 8. The topological polar surface area (TPSA) is 52.1 Å². The summed E-state index contributed by atoms with van der Waals surface area (Å²) in [6, 6.07) is 0.469. The van der Waals surface area contributed by atoms with Gasteiger partial charge in [-0.3, -0.25) is 9.89 Å². The van der Waals surface area contributed by atoms with Crippen LogP contribution in [0.25, 0.3) is 0 Å². The Morgan fingerprint density at radius 2 is 1.76 bits per heavy atom. The molecule has 2 N–H and O–H groups in total. The van der Waals surface area contributed by atoms with Gasteiger partial charge in [0.05, 0.1) is 19.8 Å². The van der Waals surface area contributed by atoms with Crippen molar-refractivity contribution < 1.29 is 4.74 Å². The molecule has 1 unspecified atom stereocenters. The molecule has 2 aliphatic rings. The fraction of sp³-hybridized carbons (Fsp3) is 0.947. The number of hydrogen-bond acceptors (Lipinski definition) is 4. The van der Waals surface area contributed by atoms with E-state index >= 15 is 0 Å². The van der Waals surface area contributed by atoms with Crippen LogP contribution in [0, 0.1) is 0 Å². The summed E-state index contributed by atoms with van der Waals surface area (Å²) >= 11 is 0. The zero-order valence-electron chi connectivity index (χ0n) is 16.4. The van der Waals surface area contributed by atoms with Gasteiger partial charge in [0.15, 0.2) is 5.96 Å². The summed E-state index contributed by atoms with van der Waals surface area (Å²) in [6.45, 7) is 14.6. The van der Waals surface area contributed by atoms with E-state index in [0.717, 1.165) is 51.9 Å². The molecule has 2 fully saturated rings. The Morgan fingerprint density at radius 1 is 1.04 bits per heavy atom. The molecule has 0 aliphatic carbocycles. The first-order chi connectivity index (χ1) is 12.3. The van der Waals surface area contributed by atoms with Crippen LogP contribution < -0.4 is 10.6 Å².